The van der Waals surface area contributed by atoms with Crippen LogP contribution in [0, 0.1) is 0 Å². The predicted molar refractivity (Wildman–Crippen MR) is 83.0 cm³/mol. The molecule has 0 bridgehead atoms. The standard InChI is InChI=1S/C16H26N2O3/c1-3-18(4-2)8-7-17-14(12-19)13-5-6-15-16(11-13)21-10-9-20-15/h5-6,11,14,17,19H,3-4,7-10,12H2,1-2H3. The van der Waals surface area contributed by atoms with Crippen LogP contribution in [-0.2, 0) is 0 Å². The van der Waals surface area contributed by atoms with Gasteiger partial charge in [0.05, 0.1) is 12.6 Å². The summed E-state index contributed by atoms with van der Waals surface area (Å²) in [6.45, 7) is 9.49. The second-order valence-corrected chi connectivity index (χ2v) is 5.12. The number of fused-ring (bicyclic) bond motifs is 1. The van der Waals surface area contributed by atoms with E-state index in [4.69, 9.17) is 9.47 Å². The topological polar surface area (TPSA) is 54.0 Å². The monoisotopic (exact) mass is 294 g/mol. The molecule has 5 heteroatoms. The van der Waals surface area contributed by atoms with Crippen molar-refractivity contribution in [2.45, 2.75) is 19.9 Å². The maximum atomic E-state index is 9.61. The molecule has 1 aliphatic heterocycles. The molecule has 1 aliphatic rings. The fourth-order valence-electron chi connectivity index (χ4n) is 2.50. The van der Waals surface area contributed by atoms with Crippen LogP contribution in [0.4, 0.5) is 0 Å². The smallest absolute Gasteiger partial charge is 0.161 e. The van der Waals surface area contributed by atoms with Crippen molar-refractivity contribution in [1.82, 2.24) is 10.2 Å². The van der Waals surface area contributed by atoms with Gasteiger partial charge < -0.3 is 24.8 Å². The Hall–Kier alpha value is -1.30. The second-order valence-electron chi connectivity index (χ2n) is 5.12. The van der Waals surface area contributed by atoms with Gasteiger partial charge in [0, 0.05) is 13.1 Å². The molecule has 2 N–H and O–H groups in total. The Morgan fingerprint density at radius 3 is 2.57 bits per heavy atom. The largest absolute Gasteiger partial charge is 0.486 e. The minimum absolute atomic E-state index is 0.0674. The molecule has 0 aromatic heterocycles. The first-order chi connectivity index (χ1) is 10.3. The quantitative estimate of drug-likeness (QED) is 0.759. The Kier molecular flexibility index (Phi) is 6.29. The Bertz CT molecular complexity index is 436. The lowest BCUT2D eigenvalue weighted by atomic mass is 10.1. The van der Waals surface area contributed by atoms with Gasteiger partial charge in [-0.15, -0.1) is 0 Å². The molecule has 0 spiro atoms. The summed E-state index contributed by atoms with van der Waals surface area (Å²) in [5.41, 5.74) is 1.03. The van der Waals surface area contributed by atoms with E-state index in [2.05, 4.69) is 24.1 Å². The van der Waals surface area contributed by atoms with Crippen LogP contribution in [0.1, 0.15) is 25.5 Å². The summed E-state index contributed by atoms with van der Waals surface area (Å²) in [4.78, 5) is 2.35. The number of rotatable bonds is 8. The molecule has 1 unspecified atom stereocenters. The van der Waals surface area contributed by atoms with Crippen molar-refractivity contribution in [3.8, 4) is 11.5 Å². The molecule has 0 aliphatic carbocycles. The summed E-state index contributed by atoms with van der Waals surface area (Å²) in [7, 11) is 0. The van der Waals surface area contributed by atoms with Crippen LogP contribution in [0.15, 0.2) is 18.2 Å². The molecule has 5 nitrogen and oxygen atoms in total. The van der Waals surface area contributed by atoms with Crippen LogP contribution >= 0.6 is 0 Å². The zero-order chi connectivity index (χ0) is 15.1. The average Bonchev–Trinajstić information content (AvgIpc) is 2.55. The van der Waals surface area contributed by atoms with E-state index in [0.29, 0.717) is 13.2 Å². The molecule has 1 heterocycles. The van der Waals surface area contributed by atoms with Gasteiger partial charge in [0.2, 0.25) is 0 Å². The zero-order valence-corrected chi connectivity index (χ0v) is 13.0. The van der Waals surface area contributed by atoms with E-state index in [1.165, 1.54) is 0 Å². The Morgan fingerprint density at radius 2 is 1.90 bits per heavy atom. The normalized spacial score (nSPS) is 15.2. The molecule has 0 amide bonds. The zero-order valence-electron chi connectivity index (χ0n) is 13.0. The van der Waals surface area contributed by atoms with E-state index >= 15 is 0 Å². The van der Waals surface area contributed by atoms with Gasteiger partial charge in [-0.2, -0.15) is 0 Å². The molecular formula is C16H26N2O3. The Morgan fingerprint density at radius 1 is 1.19 bits per heavy atom. The number of aliphatic hydroxyl groups is 1. The van der Waals surface area contributed by atoms with E-state index in [1.807, 2.05) is 18.2 Å². The van der Waals surface area contributed by atoms with Gasteiger partial charge in [-0.3, -0.25) is 0 Å². The molecule has 0 saturated heterocycles. The number of aliphatic hydroxyl groups excluding tert-OH is 1. The van der Waals surface area contributed by atoms with Crippen molar-refractivity contribution in [1.29, 1.82) is 0 Å². The highest BCUT2D eigenvalue weighted by atomic mass is 16.6. The van der Waals surface area contributed by atoms with E-state index < -0.39 is 0 Å². The molecule has 0 saturated carbocycles. The molecular weight excluding hydrogens is 268 g/mol. The number of hydrogen-bond donors (Lipinski definition) is 2. The van der Waals surface area contributed by atoms with E-state index in [1.54, 1.807) is 0 Å². The van der Waals surface area contributed by atoms with E-state index in [9.17, 15) is 5.11 Å². The van der Waals surface area contributed by atoms with Crippen LogP contribution in [0.25, 0.3) is 0 Å². The van der Waals surface area contributed by atoms with Gasteiger partial charge in [-0.05, 0) is 30.8 Å². The third-order valence-corrected chi connectivity index (χ3v) is 3.86. The summed E-state index contributed by atoms with van der Waals surface area (Å²) in [5, 5.41) is 13.0. The number of hydrogen-bond acceptors (Lipinski definition) is 5. The number of benzene rings is 1. The van der Waals surface area contributed by atoms with Crippen molar-refractivity contribution in [2.75, 3.05) is 46.0 Å². The first-order valence-electron chi connectivity index (χ1n) is 7.74. The summed E-state index contributed by atoms with van der Waals surface area (Å²) < 4.78 is 11.1. The van der Waals surface area contributed by atoms with Crippen LogP contribution in [0.2, 0.25) is 0 Å². The summed E-state index contributed by atoms with van der Waals surface area (Å²) >= 11 is 0. The van der Waals surface area contributed by atoms with Gasteiger partial charge in [0.15, 0.2) is 11.5 Å². The molecule has 21 heavy (non-hydrogen) atoms. The fraction of sp³-hybridized carbons (Fsp3) is 0.625. The number of nitrogens with zero attached hydrogens (tertiary/aromatic N) is 1. The lowest BCUT2D eigenvalue weighted by Crippen LogP contribution is -2.34. The number of likely N-dealkylation sites (N-methyl/N-ethyl adjacent to an activating group) is 1. The van der Waals surface area contributed by atoms with Crippen molar-refractivity contribution >= 4 is 0 Å². The number of nitrogens with one attached hydrogen (secondary N) is 1. The predicted octanol–water partition coefficient (Wildman–Crippen LogP) is 1.42. The van der Waals surface area contributed by atoms with Gasteiger partial charge in [0.25, 0.3) is 0 Å². The lowest BCUT2D eigenvalue weighted by Gasteiger charge is -2.23. The maximum Gasteiger partial charge on any atom is 0.161 e. The van der Waals surface area contributed by atoms with Gasteiger partial charge in [0.1, 0.15) is 13.2 Å². The molecule has 0 radical (unpaired) electrons. The molecule has 118 valence electrons. The minimum Gasteiger partial charge on any atom is -0.486 e. The molecule has 1 aromatic rings. The molecule has 0 fully saturated rings. The second kappa shape index (κ2) is 8.22. The molecule has 1 atom stereocenters. The van der Waals surface area contributed by atoms with Crippen molar-refractivity contribution in [3.63, 3.8) is 0 Å². The summed E-state index contributed by atoms with van der Waals surface area (Å²) in [5.74, 6) is 1.55. The summed E-state index contributed by atoms with van der Waals surface area (Å²) in [6.07, 6.45) is 0. The van der Waals surface area contributed by atoms with Crippen LogP contribution in [0.3, 0.4) is 0 Å². The van der Waals surface area contributed by atoms with Gasteiger partial charge in [-0.1, -0.05) is 19.9 Å². The lowest BCUT2D eigenvalue weighted by molar-refractivity contribution is 0.170. The van der Waals surface area contributed by atoms with E-state index in [-0.39, 0.29) is 12.6 Å². The fourth-order valence-corrected chi connectivity index (χ4v) is 2.50. The van der Waals surface area contributed by atoms with Crippen LogP contribution in [0.5, 0.6) is 11.5 Å². The molecule has 2 rings (SSSR count). The SMILES string of the molecule is CCN(CC)CCNC(CO)c1ccc2c(c1)OCCO2. The Balaban J connectivity index is 1.94. The third-order valence-electron chi connectivity index (χ3n) is 3.86. The van der Waals surface area contributed by atoms with Crippen LogP contribution < -0.4 is 14.8 Å². The average molecular weight is 294 g/mol. The van der Waals surface area contributed by atoms with Crippen molar-refractivity contribution in [2.24, 2.45) is 0 Å². The van der Waals surface area contributed by atoms with Gasteiger partial charge in [-0.25, -0.2) is 0 Å². The number of ether oxygens (including phenoxy) is 2. The van der Waals surface area contributed by atoms with E-state index in [0.717, 1.165) is 43.2 Å². The van der Waals surface area contributed by atoms with Crippen molar-refractivity contribution < 1.29 is 14.6 Å². The minimum atomic E-state index is -0.0728. The summed E-state index contributed by atoms with van der Waals surface area (Å²) in [6, 6.07) is 5.79. The van der Waals surface area contributed by atoms with Crippen LogP contribution in [-0.4, -0.2) is 56.0 Å². The highest BCUT2D eigenvalue weighted by Gasteiger charge is 2.16. The van der Waals surface area contributed by atoms with Gasteiger partial charge >= 0.3 is 0 Å². The maximum absolute atomic E-state index is 9.61. The Labute approximate surface area is 126 Å². The highest BCUT2D eigenvalue weighted by molar-refractivity contribution is 5.44. The third kappa shape index (κ3) is 4.33. The first kappa shape index (κ1) is 16.1. The molecule has 1 aromatic carbocycles. The first-order valence-corrected chi connectivity index (χ1v) is 7.74. The van der Waals surface area contributed by atoms with Crippen molar-refractivity contribution in [3.05, 3.63) is 23.8 Å². The highest BCUT2D eigenvalue weighted by Crippen LogP contribution is 2.32.